The fraction of sp³-hybridized carbons (Fsp3) is 0.417. The highest BCUT2D eigenvalue weighted by Crippen LogP contribution is 2.35. The third-order valence-corrected chi connectivity index (χ3v) is 4.14. The Kier molecular flexibility index (Phi) is 3.74. The molecule has 0 radical (unpaired) electrons. The van der Waals surface area contributed by atoms with Crippen LogP contribution in [-0.4, -0.2) is 49.8 Å². The molecule has 3 rings (SSSR count). The average molecular weight is 364 g/mol. The number of imidazole rings is 1. The fourth-order valence-corrected chi connectivity index (χ4v) is 3.00. The summed E-state index contributed by atoms with van der Waals surface area (Å²) in [5.41, 5.74) is 1.31. The molecule has 0 unspecified atom stereocenters. The molecule has 0 bridgehead atoms. The molecule has 1 aliphatic rings. The number of benzene rings is 1. The predicted molar refractivity (Wildman–Crippen MR) is 75.5 cm³/mol. The SMILES string of the molecule is OC[C@H]1O[C@@H](n2c(Cl)nc3ccc(Br)cc32)[C@H](O)[C@@H]1O. The van der Waals surface area contributed by atoms with Gasteiger partial charge in [-0.05, 0) is 29.8 Å². The molecule has 1 aromatic carbocycles. The lowest BCUT2D eigenvalue weighted by Gasteiger charge is -2.18. The van der Waals surface area contributed by atoms with Crippen molar-refractivity contribution in [2.75, 3.05) is 6.61 Å². The van der Waals surface area contributed by atoms with Crippen molar-refractivity contribution in [3.8, 4) is 0 Å². The number of hydrogen-bond acceptors (Lipinski definition) is 5. The average Bonchev–Trinajstić information content (AvgIpc) is 2.88. The molecule has 2 heterocycles. The maximum absolute atomic E-state index is 10.1. The normalized spacial score (nSPS) is 30.2. The summed E-state index contributed by atoms with van der Waals surface area (Å²) in [4.78, 5) is 4.18. The van der Waals surface area contributed by atoms with E-state index in [1.165, 1.54) is 4.57 Å². The molecule has 1 saturated heterocycles. The smallest absolute Gasteiger partial charge is 0.206 e. The first-order valence-electron chi connectivity index (χ1n) is 5.98. The van der Waals surface area contributed by atoms with Crippen molar-refractivity contribution in [2.24, 2.45) is 0 Å². The molecule has 1 fully saturated rings. The van der Waals surface area contributed by atoms with Crippen molar-refractivity contribution in [3.63, 3.8) is 0 Å². The third kappa shape index (κ3) is 2.14. The molecule has 4 atom stereocenters. The van der Waals surface area contributed by atoms with Crippen LogP contribution in [0.1, 0.15) is 6.23 Å². The molecule has 3 N–H and O–H groups in total. The number of fused-ring (bicyclic) bond motifs is 1. The van der Waals surface area contributed by atoms with E-state index in [9.17, 15) is 10.2 Å². The molecule has 20 heavy (non-hydrogen) atoms. The number of hydrogen-bond donors (Lipinski definition) is 3. The lowest BCUT2D eigenvalue weighted by Crippen LogP contribution is -2.33. The van der Waals surface area contributed by atoms with Crippen LogP contribution in [0.2, 0.25) is 5.28 Å². The van der Waals surface area contributed by atoms with Crippen LogP contribution in [0.4, 0.5) is 0 Å². The molecule has 6 nitrogen and oxygen atoms in total. The Morgan fingerprint density at radius 2 is 2.10 bits per heavy atom. The summed E-state index contributed by atoms with van der Waals surface area (Å²) >= 11 is 9.47. The van der Waals surface area contributed by atoms with E-state index in [0.717, 1.165) is 4.47 Å². The van der Waals surface area contributed by atoms with Gasteiger partial charge in [0.15, 0.2) is 6.23 Å². The van der Waals surface area contributed by atoms with Gasteiger partial charge in [-0.3, -0.25) is 4.57 Å². The van der Waals surface area contributed by atoms with Gasteiger partial charge in [-0.15, -0.1) is 0 Å². The van der Waals surface area contributed by atoms with E-state index < -0.39 is 24.5 Å². The van der Waals surface area contributed by atoms with Crippen molar-refractivity contribution < 1.29 is 20.1 Å². The summed E-state index contributed by atoms with van der Waals surface area (Å²) < 4.78 is 7.81. The zero-order chi connectivity index (χ0) is 14.4. The van der Waals surface area contributed by atoms with Crippen molar-refractivity contribution in [1.82, 2.24) is 9.55 Å². The van der Waals surface area contributed by atoms with E-state index in [4.69, 9.17) is 21.4 Å². The molecule has 8 heteroatoms. The Balaban J connectivity index is 2.10. The van der Waals surface area contributed by atoms with E-state index in [-0.39, 0.29) is 11.9 Å². The van der Waals surface area contributed by atoms with Crippen molar-refractivity contribution in [2.45, 2.75) is 24.5 Å². The maximum atomic E-state index is 10.1. The number of nitrogens with zero attached hydrogens (tertiary/aromatic N) is 2. The Morgan fingerprint density at radius 1 is 1.35 bits per heavy atom. The zero-order valence-electron chi connectivity index (χ0n) is 10.1. The number of rotatable bonds is 2. The minimum absolute atomic E-state index is 0.146. The first kappa shape index (κ1) is 14.2. The van der Waals surface area contributed by atoms with Gasteiger partial charge in [0.25, 0.3) is 0 Å². The van der Waals surface area contributed by atoms with Crippen molar-refractivity contribution >= 4 is 38.6 Å². The van der Waals surface area contributed by atoms with E-state index in [0.29, 0.717) is 11.0 Å². The molecule has 108 valence electrons. The van der Waals surface area contributed by atoms with Crippen LogP contribution in [0, 0.1) is 0 Å². The van der Waals surface area contributed by atoms with Crippen LogP contribution in [0.5, 0.6) is 0 Å². The number of aliphatic hydroxyl groups excluding tert-OH is 3. The summed E-state index contributed by atoms with van der Waals surface area (Å²) in [5.74, 6) is 0. The monoisotopic (exact) mass is 362 g/mol. The second kappa shape index (κ2) is 5.25. The molecular formula is C12H12BrClN2O4. The Morgan fingerprint density at radius 3 is 2.75 bits per heavy atom. The van der Waals surface area contributed by atoms with Gasteiger partial charge < -0.3 is 20.1 Å². The van der Waals surface area contributed by atoms with Gasteiger partial charge in [0.1, 0.15) is 18.3 Å². The second-order valence-corrected chi connectivity index (χ2v) is 5.87. The van der Waals surface area contributed by atoms with Gasteiger partial charge in [-0.1, -0.05) is 15.9 Å². The van der Waals surface area contributed by atoms with E-state index in [2.05, 4.69) is 20.9 Å². The topological polar surface area (TPSA) is 87.7 Å². The van der Waals surface area contributed by atoms with Gasteiger partial charge in [0.2, 0.25) is 5.28 Å². The third-order valence-electron chi connectivity index (χ3n) is 3.38. The van der Waals surface area contributed by atoms with Crippen LogP contribution < -0.4 is 0 Å². The van der Waals surface area contributed by atoms with Crippen LogP contribution in [0.3, 0.4) is 0 Å². The lowest BCUT2D eigenvalue weighted by atomic mass is 10.1. The van der Waals surface area contributed by atoms with Crippen LogP contribution in [-0.2, 0) is 4.74 Å². The molecule has 0 saturated carbocycles. The van der Waals surface area contributed by atoms with Crippen molar-refractivity contribution in [3.05, 3.63) is 28.0 Å². The summed E-state index contributed by atoms with van der Waals surface area (Å²) in [5, 5.41) is 29.2. The minimum Gasteiger partial charge on any atom is -0.394 e. The van der Waals surface area contributed by atoms with Crippen LogP contribution >= 0.6 is 27.5 Å². The van der Waals surface area contributed by atoms with Crippen LogP contribution in [0.25, 0.3) is 11.0 Å². The van der Waals surface area contributed by atoms with Crippen molar-refractivity contribution in [1.29, 1.82) is 0 Å². The van der Waals surface area contributed by atoms with E-state index in [1.807, 2.05) is 6.07 Å². The summed E-state index contributed by atoms with van der Waals surface area (Å²) in [6, 6.07) is 5.40. The molecular weight excluding hydrogens is 351 g/mol. The largest absolute Gasteiger partial charge is 0.394 e. The number of aliphatic hydroxyl groups is 3. The maximum Gasteiger partial charge on any atom is 0.206 e. The summed E-state index contributed by atoms with van der Waals surface area (Å²) in [7, 11) is 0. The first-order chi connectivity index (χ1) is 9.52. The minimum atomic E-state index is -1.19. The second-order valence-electron chi connectivity index (χ2n) is 4.61. The number of aromatic nitrogens is 2. The standard InChI is InChI=1S/C12H12BrClN2O4/c13-5-1-2-6-7(3-5)16(12(14)15-6)11-10(19)9(18)8(4-17)20-11/h1-3,8-11,17-19H,4H2/t8-,9-,10-,11-/m1/s1. The highest BCUT2D eigenvalue weighted by Gasteiger charge is 2.44. The number of halogens is 2. The highest BCUT2D eigenvalue weighted by molar-refractivity contribution is 9.10. The molecule has 2 aromatic rings. The Hall–Kier alpha value is -0.700. The fourth-order valence-electron chi connectivity index (χ4n) is 2.37. The molecule has 0 spiro atoms. The van der Waals surface area contributed by atoms with E-state index in [1.54, 1.807) is 12.1 Å². The molecule has 1 aromatic heterocycles. The van der Waals surface area contributed by atoms with Gasteiger partial charge >= 0.3 is 0 Å². The Labute approximate surface area is 127 Å². The lowest BCUT2D eigenvalue weighted by molar-refractivity contribution is -0.0507. The summed E-state index contributed by atoms with van der Waals surface area (Å²) in [6.07, 6.45) is -4.11. The van der Waals surface area contributed by atoms with Gasteiger partial charge in [0, 0.05) is 4.47 Å². The van der Waals surface area contributed by atoms with Gasteiger partial charge in [-0.25, -0.2) is 4.98 Å². The zero-order valence-corrected chi connectivity index (χ0v) is 12.5. The highest BCUT2D eigenvalue weighted by atomic mass is 79.9. The number of ether oxygens (including phenoxy) is 1. The molecule has 0 aliphatic carbocycles. The molecule has 0 amide bonds. The Bertz CT molecular complexity index is 650. The first-order valence-corrected chi connectivity index (χ1v) is 7.15. The van der Waals surface area contributed by atoms with Gasteiger partial charge in [0.05, 0.1) is 17.6 Å². The predicted octanol–water partition coefficient (Wildman–Crippen LogP) is 1.06. The summed E-state index contributed by atoms with van der Waals surface area (Å²) in [6.45, 7) is -0.386. The molecule has 1 aliphatic heterocycles. The van der Waals surface area contributed by atoms with Crippen LogP contribution in [0.15, 0.2) is 22.7 Å². The van der Waals surface area contributed by atoms with Gasteiger partial charge in [-0.2, -0.15) is 0 Å². The quantitative estimate of drug-likeness (QED) is 0.743. The van der Waals surface area contributed by atoms with E-state index >= 15 is 0 Å².